The Morgan fingerprint density at radius 2 is 2.05 bits per heavy atom. The maximum Gasteiger partial charge on any atom is 0.192 e. The molecule has 0 saturated carbocycles. The number of aliphatic imine (C=N–C) groups is 1. The third-order valence-electron chi connectivity index (χ3n) is 3.99. The van der Waals surface area contributed by atoms with Crippen molar-refractivity contribution in [1.82, 2.24) is 4.90 Å². The third kappa shape index (κ3) is 2.95. The second-order valence-corrected chi connectivity index (χ2v) is 6.78. The first-order valence-electron chi connectivity index (χ1n) is 7.34. The van der Waals surface area contributed by atoms with Crippen LogP contribution < -0.4 is 5.73 Å². The third-order valence-corrected chi connectivity index (χ3v) is 4.85. The molecule has 3 rings (SSSR count). The molecule has 4 heteroatoms. The SMILES string of the molecule is CC(C)c1ccc(C2CN=C(N)N2Cc2cccs2)cc1. The molecule has 2 aromatic rings. The van der Waals surface area contributed by atoms with Crippen molar-refractivity contribution in [2.45, 2.75) is 32.4 Å². The number of hydrogen-bond donors (Lipinski definition) is 1. The van der Waals surface area contributed by atoms with Crippen molar-refractivity contribution in [3.63, 3.8) is 0 Å². The van der Waals surface area contributed by atoms with Gasteiger partial charge in [-0.15, -0.1) is 11.3 Å². The van der Waals surface area contributed by atoms with E-state index >= 15 is 0 Å². The smallest absolute Gasteiger partial charge is 0.192 e. The summed E-state index contributed by atoms with van der Waals surface area (Å²) in [6.07, 6.45) is 0. The standard InChI is InChI=1S/C17H21N3S/c1-12(2)13-5-7-14(8-6-13)16-10-19-17(18)20(16)11-15-4-3-9-21-15/h3-9,12,16H,10-11H2,1-2H3,(H2,18,19). The number of benzene rings is 1. The zero-order chi connectivity index (χ0) is 14.8. The molecule has 0 bridgehead atoms. The molecule has 1 atom stereocenters. The van der Waals surface area contributed by atoms with Crippen LogP contribution in [0.15, 0.2) is 46.8 Å². The van der Waals surface area contributed by atoms with Crippen LogP contribution in [0.4, 0.5) is 0 Å². The quantitative estimate of drug-likeness (QED) is 0.934. The van der Waals surface area contributed by atoms with Gasteiger partial charge in [-0.2, -0.15) is 0 Å². The van der Waals surface area contributed by atoms with E-state index in [0.29, 0.717) is 11.9 Å². The van der Waals surface area contributed by atoms with Gasteiger partial charge in [-0.1, -0.05) is 44.2 Å². The van der Waals surface area contributed by atoms with Gasteiger partial charge in [0.1, 0.15) is 0 Å². The van der Waals surface area contributed by atoms with Crippen LogP contribution in [-0.4, -0.2) is 17.4 Å². The van der Waals surface area contributed by atoms with Crippen LogP contribution in [-0.2, 0) is 6.54 Å². The van der Waals surface area contributed by atoms with Crippen LogP contribution in [0.1, 0.15) is 41.8 Å². The Bertz CT molecular complexity index is 614. The Morgan fingerprint density at radius 1 is 1.29 bits per heavy atom. The van der Waals surface area contributed by atoms with Gasteiger partial charge in [0.2, 0.25) is 0 Å². The maximum atomic E-state index is 6.08. The number of guanidine groups is 1. The lowest BCUT2D eigenvalue weighted by atomic mass is 9.99. The predicted octanol–water partition coefficient (Wildman–Crippen LogP) is 3.74. The van der Waals surface area contributed by atoms with Gasteiger partial charge in [-0.05, 0) is 28.5 Å². The van der Waals surface area contributed by atoms with Crippen LogP contribution in [0.5, 0.6) is 0 Å². The summed E-state index contributed by atoms with van der Waals surface area (Å²) in [7, 11) is 0. The largest absolute Gasteiger partial charge is 0.370 e. The van der Waals surface area contributed by atoms with Gasteiger partial charge in [0, 0.05) is 4.88 Å². The van der Waals surface area contributed by atoms with Crippen molar-refractivity contribution >= 4 is 17.3 Å². The van der Waals surface area contributed by atoms with Gasteiger partial charge in [0.15, 0.2) is 5.96 Å². The Labute approximate surface area is 130 Å². The molecule has 0 radical (unpaired) electrons. The molecule has 1 unspecified atom stereocenters. The fraction of sp³-hybridized carbons (Fsp3) is 0.353. The molecule has 0 saturated heterocycles. The lowest BCUT2D eigenvalue weighted by Gasteiger charge is -2.26. The molecular formula is C17H21N3S. The van der Waals surface area contributed by atoms with E-state index < -0.39 is 0 Å². The summed E-state index contributed by atoms with van der Waals surface area (Å²) in [4.78, 5) is 7.96. The van der Waals surface area contributed by atoms with Crippen LogP contribution >= 0.6 is 11.3 Å². The molecular weight excluding hydrogens is 278 g/mol. The molecule has 0 fully saturated rings. The van der Waals surface area contributed by atoms with Crippen molar-refractivity contribution in [2.75, 3.05) is 6.54 Å². The fourth-order valence-corrected chi connectivity index (χ4v) is 3.38. The zero-order valence-corrected chi connectivity index (χ0v) is 13.3. The summed E-state index contributed by atoms with van der Waals surface area (Å²) in [5, 5.41) is 2.10. The van der Waals surface area contributed by atoms with Gasteiger partial charge in [-0.3, -0.25) is 4.99 Å². The fourth-order valence-electron chi connectivity index (χ4n) is 2.68. The van der Waals surface area contributed by atoms with Crippen LogP contribution in [0, 0.1) is 0 Å². The molecule has 110 valence electrons. The number of hydrogen-bond acceptors (Lipinski definition) is 4. The normalized spacial score (nSPS) is 18.3. The first kappa shape index (κ1) is 14.1. The van der Waals surface area contributed by atoms with Gasteiger partial charge in [0.05, 0.1) is 19.1 Å². The molecule has 2 heterocycles. The van der Waals surface area contributed by atoms with Crippen LogP contribution in [0.3, 0.4) is 0 Å². The first-order valence-corrected chi connectivity index (χ1v) is 8.22. The van der Waals surface area contributed by atoms with Crippen molar-refractivity contribution in [1.29, 1.82) is 0 Å². The highest BCUT2D eigenvalue weighted by Crippen LogP contribution is 2.29. The van der Waals surface area contributed by atoms with E-state index in [-0.39, 0.29) is 6.04 Å². The molecule has 1 aromatic heterocycles. The van der Waals surface area contributed by atoms with E-state index in [0.717, 1.165) is 13.1 Å². The minimum absolute atomic E-state index is 0.258. The second-order valence-electron chi connectivity index (χ2n) is 5.74. The molecule has 2 N–H and O–H groups in total. The summed E-state index contributed by atoms with van der Waals surface area (Å²) < 4.78 is 0. The van der Waals surface area contributed by atoms with Gasteiger partial charge in [0.25, 0.3) is 0 Å². The molecule has 0 amide bonds. The Kier molecular flexibility index (Phi) is 3.97. The topological polar surface area (TPSA) is 41.6 Å². The summed E-state index contributed by atoms with van der Waals surface area (Å²) in [6.45, 7) is 6.02. The van der Waals surface area contributed by atoms with Gasteiger partial charge >= 0.3 is 0 Å². The average Bonchev–Trinajstić information content (AvgIpc) is 3.11. The summed E-state index contributed by atoms with van der Waals surface area (Å²) in [5.74, 6) is 1.22. The molecule has 1 aliphatic heterocycles. The number of thiophene rings is 1. The lowest BCUT2D eigenvalue weighted by molar-refractivity contribution is 0.343. The average molecular weight is 299 g/mol. The molecule has 1 aliphatic rings. The maximum absolute atomic E-state index is 6.08. The zero-order valence-electron chi connectivity index (χ0n) is 12.5. The van der Waals surface area contributed by atoms with Crippen LogP contribution in [0.2, 0.25) is 0 Å². The number of nitrogens with zero attached hydrogens (tertiary/aromatic N) is 2. The van der Waals surface area contributed by atoms with E-state index in [9.17, 15) is 0 Å². The summed E-state index contributed by atoms with van der Waals surface area (Å²) in [5.41, 5.74) is 8.74. The van der Waals surface area contributed by atoms with Crippen molar-refractivity contribution in [2.24, 2.45) is 10.7 Å². The molecule has 21 heavy (non-hydrogen) atoms. The van der Waals surface area contributed by atoms with E-state index in [2.05, 4.69) is 65.5 Å². The Balaban J connectivity index is 1.80. The molecule has 3 nitrogen and oxygen atoms in total. The lowest BCUT2D eigenvalue weighted by Crippen LogP contribution is -2.35. The van der Waals surface area contributed by atoms with E-state index in [1.165, 1.54) is 16.0 Å². The minimum Gasteiger partial charge on any atom is -0.370 e. The predicted molar refractivity (Wildman–Crippen MR) is 89.6 cm³/mol. The monoisotopic (exact) mass is 299 g/mol. The van der Waals surface area contributed by atoms with Crippen molar-refractivity contribution < 1.29 is 0 Å². The summed E-state index contributed by atoms with van der Waals surface area (Å²) in [6, 6.07) is 13.4. The van der Waals surface area contributed by atoms with E-state index in [4.69, 9.17) is 5.73 Å². The van der Waals surface area contributed by atoms with Crippen molar-refractivity contribution in [3.8, 4) is 0 Å². The minimum atomic E-state index is 0.258. The highest BCUT2D eigenvalue weighted by atomic mass is 32.1. The highest BCUT2D eigenvalue weighted by Gasteiger charge is 2.27. The molecule has 1 aromatic carbocycles. The number of rotatable bonds is 4. The Morgan fingerprint density at radius 3 is 2.67 bits per heavy atom. The highest BCUT2D eigenvalue weighted by molar-refractivity contribution is 7.09. The molecule has 0 spiro atoms. The van der Waals surface area contributed by atoms with Crippen molar-refractivity contribution in [3.05, 3.63) is 57.8 Å². The van der Waals surface area contributed by atoms with Gasteiger partial charge in [-0.25, -0.2) is 0 Å². The Hall–Kier alpha value is -1.81. The van der Waals surface area contributed by atoms with E-state index in [1.54, 1.807) is 11.3 Å². The second kappa shape index (κ2) is 5.90. The summed E-state index contributed by atoms with van der Waals surface area (Å²) >= 11 is 1.76. The van der Waals surface area contributed by atoms with E-state index in [1.807, 2.05) is 0 Å². The molecule has 0 aliphatic carbocycles. The first-order chi connectivity index (χ1) is 10.1. The number of nitrogens with two attached hydrogens (primary N) is 1. The van der Waals surface area contributed by atoms with Crippen LogP contribution in [0.25, 0.3) is 0 Å². The van der Waals surface area contributed by atoms with Gasteiger partial charge < -0.3 is 10.6 Å².